The number of anilines is 3. The van der Waals surface area contributed by atoms with Crippen molar-refractivity contribution in [2.75, 3.05) is 15.5 Å². The van der Waals surface area contributed by atoms with E-state index in [1.165, 1.54) is 122 Å². The molecule has 60 heavy (non-hydrogen) atoms. The van der Waals surface area contributed by atoms with Crippen LogP contribution in [0.1, 0.15) is 31.8 Å². The number of amides is 6. The zero-order valence-corrected chi connectivity index (χ0v) is 31.4. The van der Waals surface area contributed by atoms with Gasteiger partial charge in [0.05, 0.1) is 11.4 Å². The molecule has 1 aliphatic heterocycles. The molecule has 0 atom stereocenters. The van der Waals surface area contributed by atoms with Gasteiger partial charge in [-0.3, -0.25) is 44.2 Å². The number of benzene rings is 2. The molecular formula is C42H28LiN9O8. The number of aromatic amines is 1. The first-order chi connectivity index (χ1) is 28.6. The van der Waals surface area contributed by atoms with Crippen LogP contribution in [0.4, 0.5) is 21.9 Å². The maximum Gasteiger partial charge on any atom is 1.00 e. The van der Waals surface area contributed by atoms with Gasteiger partial charge in [0, 0.05) is 65.2 Å². The first kappa shape index (κ1) is 41.4. The molecule has 0 bridgehead atoms. The molecule has 6 amide bonds. The van der Waals surface area contributed by atoms with Gasteiger partial charge in [-0.05, 0) is 102 Å². The third kappa shape index (κ3) is 9.13. The van der Waals surface area contributed by atoms with Crippen molar-refractivity contribution in [3.63, 3.8) is 0 Å². The van der Waals surface area contributed by atoms with Gasteiger partial charge >= 0.3 is 30.6 Å². The van der Waals surface area contributed by atoms with Crippen LogP contribution in [0.15, 0.2) is 156 Å². The summed E-state index contributed by atoms with van der Waals surface area (Å²) >= 11 is 0. The van der Waals surface area contributed by atoms with Crippen LogP contribution in [0.3, 0.4) is 0 Å². The molecule has 1 aliphatic rings. The number of carbonyl (C=O) groups is 5. The Morgan fingerprint density at radius 2 is 1.20 bits per heavy atom. The second-order valence-electron chi connectivity index (χ2n) is 12.5. The minimum Gasteiger partial charge on any atom is -0.860 e. The molecular weight excluding hydrogens is 765 g/mol. The first-order valence-electron chi connectivity index (χ1n) is 17.5. The van der Waals surface area contributed by atoms with E-state index < -0.39 is 57.9 Å². The van der Waals surface area contributed by atoms with Crippen LogP contribution in [0.25, 0.3) is 17.3 Å². The maximum absolute atomic E-state index is 13.8. The van der Waals surface area contributed by atoms with E-state index in [2.05, 4.69) is 35.9 Å². The van der Waals surface area contributed by atoms with Gasteiger partial charge in [0.15, 0.2) is 0 Å². The molecule has 290 valence electrons. The summed E-state index contributed by atoms with van der Waals surface area (Å²) < 4.78 is 0.733. The molecule has 4 N–H and O–H groups in total. The van der Waals surface area contributed by atoms with Crippen LogP contribution in [0.5, 0.6) is 5.88 Å². The Morgan fingerprint density at radius 1 is 0.683 bits per heavy atom. The third-order valence-corrected chi connectivity index (χ3v) is 8.69. The topological polar surface area (TPSA) is 241 Å². The van der Waals surface area contributed by atoms with E-state index >= 15 is 0 Å². The van der Waals surface area contributed by atoms with E-state index in [-0.39, 0.29) is 47.2 Å². The molecule has 0 spiro atoms. The van der Waals surface area contributed by atoms with Crippen molar-refractivity contribution in [1.29, 1.82) is 0 Å². The summed E-state index contributed by atoms with van der Waals surface area (Å²) in [5.74, 6) is -3.87. The van der Waals surface area contributed by atoms with E-state index in [4.69, 9.17) is 0 Å². The second kappa shape index (κ2) is 18.3. The number of hydrogen-bond acceptors (Lipinski definition) is 11. The number of urea groups is 1. The van der Waals surface area contributed by atoms with E-state index in [1.807, 2.05) is 0 Å². The molecule has 6 aromatic rings. The fourth-order valence-corrected chi connectivity index (χ4v) is 5.82. The SMILES string of the molecule is O=C1NC(=O)N(c2cccc(NC(=O)c3ccncc3)c2)C(=O)\C1=C/C=C(/C=C/c1c([O-])[nH]c(=O)n(-c2cccc(NC(=O)c3ccncc3)c2)c1=O)c1ccncc1.[Li+]. The fraction of sp³-hybridized carbons (Fsp3) is 0. The normalized spacial score (nSPS) is 13.5. The minimum absolute atomic E-state index is 0. The molecule has 0 radical (unpaired) electrons. The van der Waals surface area contributed by atoms with E-state index in [1.54, 1.807) is 24.3 Å². The number of imide groups is 2. The molecule has 4 aromatic heterocycles. The van der Waals surface area contributed by atoms with Crippen molar-refractivity contribution in [1.82, 2.24) is 29.8 Å². The van der Waals surface area contributed by atoms with Gasteiger partial charge in [-0.15, -0.1) is 0 Å². The third-order valence-electron chi connectivity index (χ3n) is 8.69. The minimum atomic E-state index is -1.02. The number of barbiturate groups is 1. The van der Waals surface area contributed by atoms with Crippen molar-refractivity contribution >= 4 is 58.4 Å². The Kier molecular flexibility index (Phi) is 12.6. The molecule has 5 heterocycles. The molecule has 17 nitrogen and oxygen atoms in total. The number of aromatic nitrogens is 5. The molecule has 0 saturated carbocycles. The number of nitrogens with zero attached hydrogens (tertiary/aromatic N) is 5. The summed E-state index contributed by atoms with van der Waals surface area (Å²) in [5, 5.41) is 20.5. The van der Waals surface area contributed by atoms with Crippen LogP contribution >= 0.6 is 0 Å². The van der Waals surface area contributed by atoms with Crippen molar-refractivity contribution in [2.45, 2.75) is 0 Å². The summed E-state index contributed by atoms with van der Waals surface area (Å²) in [7, 11) is 0. The smallest absolute Gasteiger partial charge is 0.860 e. The standard InChI is InChI=1S/C42H29N9O8.Li/c52-35(27-13-19-44-20-14-27)46-29-3-1-5-31(23-29)50-39(56)33(37(54)48-41(50)58)9-7-25(26-11-17-43-18-12-26)8-10-34-38(55)49-42(59)51(40(34)57)32-6-2-4-30(24-32)47-36(53)28-15-21-45-22-16-28;/h1-24,54H,(H,46,52)(H,47,53)(H,48,58)(H,49,55,59);/q;+1/p-1/b9-7+,25-8-,34-10-;. The number of nitrogens with one attached hydrogen (secondary N) is 4. The molecule has 2 aromatic carbocycles. The Hall–Kier alpha value is -8.26. The molecule has 1 fully saturated rings. The zero-order chi connectivity index (χ0) is 41.5. The summed E-state index contributed by atoms with van der Waals surface area (Å²) in [6.07, 6.45) is 13.8. The van der Waals surface area contributed by atoms with Gasteiger partial charge < -0.3 is 20.7 Å². The number of carbonyl (C=O) groups excluding carboxylic acids is 5. The van der Waals surface area contributed by atoms with E-state index in [9.17, 15) is 38.7 Å². The number of hydrogen-bond donors (Lipinski definition) is 4. The largest absolute Gasteiger partial charge is 1.00 e. The van der Waals surface area contributed by atoms with Crippen LogP contribution < -0.4 is 56.1 Å². The Bertz CT molecular complexity index is 2860. The number of rotatable bonds is 10. The van der Waals surface area contributed by atoms with Gasteiger partial charge in [-0.1, -0.05) is 24.3 Å². The summed E-state index contributed by atoms with van der Waals surface area (Å²) in [6, 6.07) is 20.0. The van der Waals surface area contributed by atoms with Crippen molar-refractivity contribution in [3.8, 4) is 11.6 Å². The van der Waals surface area contributed by atoms with Crippen LogP contribution in [-0.4, -0.2) is 54.2 Å². The Labute approximate surface area is 351 Å². The number of allylic oxidation sites excluding steroid dienone is 4. The van der Waals surface area contributed by atoms with Crippen molar-refractivity contribution in [3.05, 3.63) is 189 Å². The molecule has 18 heteroatoms. The quantitative estimate of drug-likeness (QED) is 0.0648. The van der Waals surface area contributed by atoms with Gasteiger partial charge in [-0.25, -0.2) is 19.1 Å². The maximum atomic E-state index is 13.8. The average Bonchev–Trinajstić information content (AvgIpc) is 3.23. The van der Waals surface area contributed by atoms with Crippen molar-refractivity contribution < 1.29 is 47.9 Å². The molecule has 7 rings (SSSR count). The molecule has 1 saturated heterocycles. The van der Waals surface area contributed by atoms with Crippen molar-refractivity contribution in [2.24, 2.45) is 0 Å². The second-order valence-corrected chi connectivity index (χ2v) is 12.5. The Morgan fingerprint density at radius 3 is 1.77 bits per heavy atom. The number of H-pyrrole nitrogens is 1. The summed E-state index contributed by atoms with van der Waals surface area (Å²) in [5.41, 5.74) is -0.843. The van der Waals surface area contributed by atoms with E-state index in [0.717, 1.165) is 9.47 Å². The number of pyridine rings is 3. The summed E-state index contributed by atoms with van der Waals surface area (Å²) in [6.45, 7) is 0. The monoisotopic (exact) mass is 793 g/mol. The van der Waals surface area contributed by atoms with Gasteiger partial charge in [-0.2, -0.15) is 0 Å². The van der Waals surface area contributed by atoms with Gasteiger partial charge in [0.25, 0.3) is 29.2 Å². The fourth-order valence-electron chi connectivity index (χ4n) is 5.82. The van der Waals surface area contributed by atoms with Crippen LogP contribution in [0.2, 0.25) is 0 Å². The van der Waals surface area contributed by atoms with Crippen LogP contribution in [-0.2, 0) is 9.59 Å². The average molecular weight is 794 g/mol. The Balaban J connectivity index is 0.00000604. The molecule has 0 aliphatic carbocycles. The van der Waals surface area contributed by atoms with Crippen LogP contribution in [0, 0.1) is 0 Å². The zero-order valence-electron chi connectivity index (χ0n) is 31.4. The van der Waals surface area contributed by atoms with Gasteiger partial charge in [0.2, 0.25) is 0 Å². The predicted molar refractivity (Wildman–Crippen MR) is 213 cm³/mol. The molecule has 0 unspecified atom stereocenters. The predicted octanol–water partition coefficient (Wildman–Crippen LogP) is 0.599. The van der Waals surface area contributed by atoms with Gasteiger partial charge in [0.1, 0.15) is 5.57 Å². The summed E-state index contributed by atoms with van der Waals surface area (Å²) in [4.78, 5) is 107. The van der Waals surface area contributed by atoms with E-state index in [0.29, 0.717) is 16.7 Å². The first-order valence-corrected chi connectivity index (χ1v) is 17.5.